The van der Waals surface area contributed by atoms with Crippen LogP contribution in [0.15, 0.2) is 58.8 Å². The van der Waals surface area contributed by atoms with E-state index in [1.165, 1.54) is 23.9 Å². The number of hydrogen-bond donors (Lipinski definition) is 0. The summed E-state index contributed by atoms with van der Waals surface area (Å²) in [5.41, 5.74) is 2.06. The molecule has 0 saturated carbocycles. The number of ether oxygens (including phenoxy) is 1. The predicted molar refractivity (Wildman–Crippen MR) is 123 cm³/mol. The summed E-state index contributed by atoms with van der Waals surface area (Å²) in [4.78, 5) is 22.4. The smallest absolute Gasteiger partial charge is 0.233 e. The normalized spacial score (nSPS) is 14.6. The fourth-order valence-corrected chi connectivity index (χ4v) is 5.04. The summed E-state index contributed by atoms with van der Waals surface area (Å²) in [6, 6.07) is 14.2. The Morgan fingerprint density at radius 2 is 1.81 bits per heavy atom. The Bertz CT molecular complexity index is 1000. The topological polar surface area (TPSA) is 45.7 Å². The minimum atomic E-state index is -0.261. The molecule has 1 fully saturated rings. The molecule has 8 heteroatoms. The number of carbonyl (C=O) groups excluding carboxylic acids is 1. The Kier molecular flexibility index (Phi) is 7.21. The first-order valence-electron chi connectivity index (χ1n) is 10.1. The van der Waals surface area contributed by atoms with Gasteiger partial charge in [-0.05, 0) is 48.5 Å². The van der Waals surface area contributed by atoms with Gasteiger partial charge >= 0.3 is 0 Å². The third-order valence-electron chi connectivity index (χ3n) is 5.20. The summed E-state index contributed by atoms with van der Waals surface area (Å²) in [5, 5.41) is 3.17. The number of rotatable bonds is 7. The summed E-state index contributed by atoms with van der Waals surface area (Å²) in [6.07, 6.45) is 0. The van der Waals surface area contributed by atoms with E-state index in [0.717, 1.165) is 59.6 Å². The predicted octanol–water partition coefficient (Wildman–Crippen LogP) is 4.39. The van der Waals surface area contributed by atoms with Crippen molar-refractivity contribution in [1.82, 2.24) is 14.8 Å². The molecule has 0 bridgehead atoms. The molecule has 162 valence electrons. The van der Waals surface area contributed by atoms with Gasteiger partial charge in [-0.1, -0.05) is 0 Å². The van der Waals surface area contributed by atoms with Gasteiger partial charge in [0.15, 0.2) is 0 Å². The van der Waals surface area contributed by atoms with E-state index in [4.69, 9.17) is 9.72 Å². The molecule has 5 nitrogen and oxygen atoms in total. The van der Waals surface area contributed by atoms with Crippen molar-refractivity contribution in [2.75, 3.05) is 39.0 Å². The number of hydrogen-bond acceptors (Lipinski definition) is 6. The Labute approximate surface area is 189 Å². The summed E-state index contributed by atoms with van der Waals surface area (Å²) >= 11 is 3.12. The number of methoxy groups -OCH3 is 1. The molecule has 0 N–H and O–H groups in total. The standard InChI is InChI=1S/C23H24FN3O2S2/c1-29-19-6-2-17(3-7-19)21-15-31-22(25-21)14-26-10-12-27(13-11-26)23(28)16-30-20-8-4-18(24)5-9-20/h2-9,15H,10-14,16H2,1H3. The second-order valence-electron chi connectivity index (χ2n) is 7.25. The quantitative estimate of drug-likeness (QED) is 0.493. The maximum Gasteiger partial charge on any atom is 0.233 e. The molecular weight excluding hydrogens is 433 g/mol. The third kappa shape index (κ3) is 5.84. The van der Waals surface area contributed by atoms with Crippen LogP contribution < -0.4 is 4.74 Å². The van der Waals surface area contributed by atoms with Crippen LogP contribution in [0, 0.1) is 5.82 Å². The average Bonchev–Trinajstić information content (AvgIpc) is 3.27. The second-order valence-corrected chi connectivity index (χ2v) is 9.25. The van der Waals surface area contributed by atoms with Gasteiger partial charge in [-0.15, -0.1) is 23.1 Å². The lowest BCUT2D eigenvalue weighted by Gasteiger charge is -2.34. The summed E-state index contributed by atoms with van der Waals surface area (Å²) in [5.74, 6) is 1.08. The lowest BCUT2D eigenvalue weighted by molar-refractivity contribution is -0.130. The van der Waals surface area contributed by atoms with Crippen molar-refractivity contribution >= 4 is 29.0 Å². The van der Waals surface area contributed by atoms with Crippen molar-refractivity contribution in [2.24, 2.45) is 0 Å². The minimum Gasteiger partial charge on any atom is -0.497 e. The van der Waals surface area contributed by atoms with Crippen LogP contribution in [0.3, 0.4) is 0 Å². The van der Waals surface area contributed by atoms with E-state index in [2.05, 4.69) is 10.3 Å². The number of carbonyl (C=O) groups is 1. The molecule has 0 unspecified atom stereocenters. The lowest BCUT2D eigenvalue weighted by Crippen LogP contribution is -2.48. The molecule has 2 heterocycles. The largest absolute Gasteiger partial charge is 0.497 e. The number of thioether (sulfide) groups is 1. The zero-order chi connectivity index (χ0) is 21.6. The molecule has 1 aromatic heterocycles. The molecule has 1 saturated heterocycles. The van der Waals surface area contributed by atoms with Gasteiger partial charge < -0.3 is 9.64 Å². The average molecular weight is 458 g/mol. The van der Waals surface area contributed by atoms with E-state index in [-0.39, 0.29) is 11.7 Å². The summed E-state index contributed by atoms with van der Waals surface area (Å²) in [7, 11) is 1.66. The Morgan fingerprint density at radius 3 is 2.48 bits per heavy atom. The van der Waals surface area contributed by atoms with Crippen molar-refractivity contribution in [3.63, 3.8) is 0 Å². The van der Waals surface area contributed by atoms with E-state index in [1.807, 2.05) is 29.2 Å². The first-order valence-corrected chi connectivity index (χ1v) is 11.9. The van der Waals surface area contributed by atoms with E-state index in [9.17, 15) is 9.18 Å². The van der Waals surface area contributed by atoms with E-state index in [0.29, 0.717) is 5.75 Å². The summed E-state index contributed by atoms with van der Waals surface area (Å²) < 4.78 is 18.2. The number of nitrogens with zero attached hydrogens (tertiary/aromatic N) is 3. The molecule has 3 aromatic rings. The highest BCUT2D eigenvalue weighted by atomic mass is 32.2. The molecule has 1 amide bonds. The lowest BCUT2D eigenvalue weighted by atomic mass is 10.2. The number of thiazole rings is 1. The molecule has 1 aliphatic heterocycles. The first kappa shape index (κ1) is 21.8. The highest BCUT2D eigenvalue weighted by Crippen LogP contribution is 2.25. The number of halogens is 1. The van der Waals surface area contributed by atoms with Gasteiger partial charge in [0.25, 0.3) is 0 Å². The van der Waals surface area contributed by atoms with Crippen LogP contribution in [-0.4, -0.2) is 59.7 Å². The number of benzene rings is 2. The SMILES string of the molecule is COc1ccc(-c2csc(CN3CCN(C(=O)CSc4ccc(F)cc4)CC3)n2)cc1. The van der Waals surface area contributed by atoms with Crippen LogP contribution in [0.2, 0.25) is 0 Å². The van der Waals surface area contributed by atoms with E-state index < -0.39 is 0 Å². The van der Waals surface area contributed by atoms with Crippen molar-refractivity contribution in [3.8, 4) is 17.0 Å². The molecule has 0 atom stereocenters. The van der Waals surface area contributed by atoms with Crippen molar-refractivity contribution in [3.05, 3.63) is 64.7 Å². The molecule has 4 rings (SSSR count). The zero-order valence-electron chi connectivity index (χ0n) is 17.3. The highest BCUT2D eigenvalue weighted by molar-refractivity contribution is 8.00. The van der Waals surface area contributed by atoms with Crippen molar-refractivity contribution in [1.29, 1.82) is 0 Å². The van der Waals surface area contributed by atoms with Crippen LogP contribution in [0.1, 0.15) is 5.01 Å². The van der Waals surface area contributed by atoms with Gasteiger partial charge in [0.1, 0.15) is 16.6 Å². The van der Waals surface area contributed by atoms with Gasteiger partial charge in [0.2, 0.25) is 5.91 Å². The molecular formula is C23H24FN3O2S2. The van der Waals surface area contributed by atoms with Gasteiger partial charge in [-0.25, -0.2) is 9.37 Å². The summed E-state index contributed by atoms with van der Waals surface area (Å²) in [6.45, 7) is 3.92. The zero-order valence-corrected chi connectivity index (χ0v) is 18.9. The van der Waals surface area contributed by atoms with Crippen LogP contribution >= 0.6 is 23.1 Å². The number of amides is 1. The maximum atomic E-state index is 13.0. The van der Waals surface area contributed by atoms with Crippen LogP contribution in [-0.2, 0) is 11.3 Å². The molecule has 1 aliphatic rings. The van der Waals surface area contributed by atoms with Gasteiger partial charge in [-0.2, -0.15) is 0 Å². The fourth-order valence-electron chi connectivity index (χ4n) is 3.39. The fraction of sp³-hybridized carbons (Fsp3) is 0.304. The van der Waals surface area contributed by atoms with Gasteiger partial charge in [-0.3, -0.25) is 9.69 Å². The third-order valence-corrected chi connectivity index (χ3v) is 7.03. The van der Waals surface area contributed by atoms with E-state index >= 15 is 0 Å². The molecule has 0 aliphatic carbocycles. The Hall–Kier alpha value is -2.42. The van der Waals surface area contributed by atoms with Crippen LogP contribution in [0.25, 0.3) is 11.3 Å². The second kappa shape index (κ2) is 10.3. The van der Waals surface area contributed by atoms with Gasteiger partial charge in [0.05, 0.1) is 25.1 Å². The van der Waals surface area contributed by atoms with Crippen LogP contribution in [0.5, 0.6) is 5.75 Å². The van der Waals surface area contributed by atoms with Crippen LogP contribution in [0.4, 0.5) is 4.39 Å². The van der Waals surface area contributed by atoms with Gasteiger partial charge in [0, 0.05) is 42.0 Å². The number of aromatic nitrogens is 1. The maximum absolute atomic E-state index is 13.0. The Balaban J connectivity index is 1.24. The van der Waals surface area contributed by atoms with Crippen molar-refractivity contribution < 1.29 is 13.9 Å². The minimum absolute atomic E-state index is 0.130. The van der Waals surface area contributed by atoms with Crippen molar-refractivity contribution in [2.45, 2.75) is 11.4 Å². The first-order chi connectivity index (χ1) is 15.1. The monoisotopic (exact) mass is 457 g/mol. The molecule has 0 radical (unpaired) electrons. The molecule has 0 spiro atoms. The van der Waals surface area contributed by atoms with E-state index in [1.54, 1.807) is 30.6 Å². The molecule has 31 heavy (non-hydrogen) atoms. The Morgan fingerprint density at radius 1 is 1.10 bits per heavy atom. The molecule has 2 aromatic carbocycles. The number of piperazine rings is 1. The highest BCUT2D eigenvalue weighted by Gasteiger charge is 2.22.